The molecule has 2 aromatic rings. The van der Waals surface area contributed by atoms with Crippen LogP contribution in [0.3, 0.4) is 0 Å². The minimum atomic E-state index is -1.91. The van der Waals surface area contributed by atoms with Gasteiger partial charge in [0.25, 0.3) is 0 Å². The molecule has 4 rings (SSSR count). The van der Waals surface area contributed by atoms with Gasteiger partial charge in [0.2, 0.25) is 5.60 Å². The van der Waals surface area contributed by atoms with Crippen molar-refractivity contribution in [2.24, 2.45) is 0 Å². The lowest BCUT2D eigenvalue weighted by atomic mass is 9.92. The van der Waals surface area contributed by atoms with Crippen molar-refractivity contribution < 1.29 is 29.2 Å². The van der Waals surface area contributed by atoms with Crippen LogP contribution in [-0.4, -0.2) is 67.9 Å². The molecule has 4 atom stereocenters. The molecule has 3 heterocycles. The largest absolute Gasteiger partial charge is 0.458 e. The SMILES string of the molecule is CC1(OC(=O)COC[C@H]2O[C@@](C#N)(c3ccc4c(N)ncnn34)[C@H](O)[C@@H]2O)CCCCCC1. The summed E-state index contributed by atoms with van der Waals surface area (Å²) in [6.07, 6.45) is 3.11. The first-order valence-electron chi connectivity index (χ1n) is 11.1. The molecule has 2 aliphatic rings. The van der Waals surface area contributed by atoms with E-state index in [9.17, 15) is 20.3 Å². The summed E-state index contributed by atoms with van der Waals surface area (Å²) in [5.41, 5.74) is 4.08. The molecule has 0 spiro atoms. The number of nitriles is 1. The van der Waals surface area contributed by atoms with Crippen molar-refractivity contribution in [1.82, 2.24) is 14.6 Å². The second-order valence-electron chi connectivity index (χ2n) is 8.95. The Hall–Kier alpha value is -2.78. The summed E-state index contributed by atoms with van der Waals surface area (Å²) in [7, 11) is 0. The number of aliphatic hydroxyl groups is 2. The number of fused-ring (bicyclic) bond motifs is 1. The van der Waals surface area contributed by atoms with Gasteiger partial charge in [0.05, 0.1) is 12.3 Å². The van der Waals surface area contributed by atoms with Crippen LogP contribution in [0, 0.1) is 11.3 Å². The monoisotopic (exact) mass is 459 g/mol. The fourth-order valence-electron chi connectivity index (χ4n) is 4.69. The Morgan fingerprint density at radius 3 is 2.76 bits per heavy atom. The Balaban J connectivity index is 1.41. The maximum absolute atomic E-state index is 12.3. The van der Waals surface area contributed by atoms with E-state index in [1.165, 1.54) is 16.9 Å². The highest BCUT2D eigenvalue weighted by molar-refractivity contribution is 5.71. The number of hydrogen-bond acceptors (Lipinski definition) is 10. The van der Waals surface area contributed by atoms with Crippen LogP contribution in [0.1, 0.15) is 51.1 Å². The Morgan fingerprint density at radius 2 is 2.06 bits per heavy atom. The van der Waals surface area contributed by atoms with Gasteiger partial charge in [-0.25, -0.2) is 14.3 Å². The average Bonchev–Trinajstić information content (AvgIpc) is 3.24. The highest BCUT2D eigenvalue weighted by Crippen LogP contribution is 2.40. The van der Waals surface area contributed by atoms with E-state index < -0.39 is 35.5 Å². The number of carbonyl (C=O) groups excluding carboxylic acids is 1. The third-order valence-corrected chi connectivity index (χ3v) is 6.51. The van der Waals surface area contributed by atoms with Crippen molar-refractivity contribution in [1.29, 1.82) is 5.26 Å². The molecular weight excluding hydrogens is 430 g/mol. The zero-order valence-electron chi connectivity index (χ0n) is 18.5. The van der Waals surface area contributed by atoms with Crippen LogP contribution in [0.2, 0.25) is 0 Å². The quantitative estimate of drug-likeness (QED) is 0.416. The molecule has 0 aromatic carbocycles. The first-order valence-corrected chi connectivity index (χ1v) is 11.1. The summed E-state index contributed by atoms with van der Waals surface area (Å²) < 4.78 is 18.3. The fraction of sp³-hybridized carbons (Fsp3) is 0.636. The van der Waals surface area contributed by atoms with E-state index in [1.54, 1.807) is 6.07 Å². The summed E-state index contributed by atoms with van der Waals surface area (Å²) in [6, 6.07) is 5.10. The van der Waals surface area contributed by atoms with Crippen molar-refractivity contribution in [3.05, 3.63) is 24.2 Å². The number of ether oxygens (including phenoxy) is 3. The maximum atomic E-state index is 12.3. The predicted octanol–water partition coefficient (Wildman–Crippen LogP) is 0.824. The molecule has 1 aliphatic heterocycles. The van der Waals surface area contributed by atoms with Gasteiger partial charge in [-0.2, -0.15) is 10.4 Å². The second kappa shape index (κ2) is 9.23. The summed E-state index contributed by atoms with van der Waals surface area (Å²) in [4.78, 5) is 16.2. The topological polar surface area (TPSA) is 165 Å². The van der Waals surface area contributed by atoms with E-state index in [1.807, 2.05) is 13.0 Å². The molecule has 0 radical (unpaired) electrons. The average molecular weight is 460 g/mol. The Morgan fingerprint density at radius 1 is 1.33 bits per heavy atom. The molecule has 11 heteroatoms. The highest BCUT2D eigenvalue weighted by Gasteiger charge is 2.57. The van der Waals surface area contributed by atoms with E-state index in [4.69, 9.17) is 19.9 Å². The summed E-state index contributed by atoms with van der Waals surface area (Å²) >= 11 is 0. The molecule has 178 valence electrons. The lowest BCUT2D eigenvalue weighted by molar-refractivity contribution is -0.166. The van der Waals surface area contributed by atoms with E-state index >= 15 is 0 Å². The number of aromatic nitrogens is 3. The van der Waals surface area contributed by atoms with Crippen molar-refractivity contribution in [2.75, 3.05) is 18.9 Å². The predicted molar refractivity (Wildman–Crippen MR) is 115 cm³/mol. The van der Waals surface area contributed by atoms with Crippen LogP contribution in [0.4, 0.5) is 5.82 Å². The Kier molecular flexibility index (Phi) is 6.54. The number of esters is 1. The first-order chi connectivity index (χ1) is 15.8. The van der Waals surface area contributed by atoms with Crippen molar-refractivity contribution in [2.45, 2.75) is 75.0 Å². The molecule has 0 amide bonds. The molecule has 2 fully saturated rings. The normalized spacial score (nSPS) is 29.5. The minimum Gasteiger partial charge on any atom is -0.458 e. The van der Waals surface area contributed by atoms with Crippen LogP contribution in [0.5, 0.6) is 0 Å². The smallest absolute Gasteiger partial charge is 0.332 e. The number of hydrogen-bond donors (Lipinski definition) is 3. The van der Waals surface area contributed by atoms with Gasteiger partial charge in [-0.15, -0.1) is 0 Å². The van der Waals surface area contributed by atoms with Crippen LogP contribution in [0.25, 0.3) is 5.52 Å². The molecule has 1 saturated carbocycles. The molecule has 33 heavy (non-hydrogen) atoms. The van der Waals surface area contributed by atoms with E-state index in [-0.39, 0.29) is 24.7 Å². The van der Waals surface area contributed by atoms with E-state index in [0.29, 0.717) is 5.52 Å². The van der Waals surface area contributed by atoms with Crippen molar-refractivity contribution in [3.63, 3.8) is 0 Å². The van der Waals surface area contributed by atoms with Gasteiger partial charge in [-0.3, -0.25) is 0 Å². The minimum absolute atomic E-state index is 0.193. The van der Waals surface area contributed by atoms with Crippen LogP contribution in [-0.2, 0) is 24.6 Å². The number of aliphatic hydroxyl groups excluding tert-OH is 2. The first kappa shape index (κ1) is 23.4. The van der Waals surface area contributed by atoms with Gasteiger partial charge >= 0.3 is 5.97 Å². The molecule has 11 nitrogen and oxygen atoms in total. The number of anilines is 1. The number of nitrogens with zero attached hydrogens (tertiary/aromatic N) is 4. The standard InChI is InChI=1S/C22H29N5O6/c1-21(8-4-2-3-5-9-21)33-17(28)11-31-10-15-18(29)19(30)22(12-23,32-15)16-7-6-14-20(24)25-13-26-27(14)16/h6-7,13,15,18-19,29-30H,2-5,8-11H2,1H3,(H2,24,25,26)/t15-,18-,19-,22+/m1/s1. The van der Waals surface area contributed by atoms with Crippen LogP contribution >= 0.6 is 0 Å². The van der Waals surface area contributed by atoms with Crippen molar-refractivity contribution >= 4 is 17.3 Å². The Labute approximate surface area is 191 Å². The molecule has 2 aromatic heterocycles. The lowest BCUT2D eigenvalue weighted by Gasteiger charge is -2.28. The van der Waals surface area contributed by atoms with Gasteiger partial charge in [0.1, 0.15) is 48.4 Å². The molecule has 1 aliphatic carbocycles. The van der Waals surface area contributed by atoms with E-state index in [0.717, 1.165) is 38.5 Å². The number of nitrogen functional groups attached to an aromatic ring is 1. The maximum Gasteiger partial charge on any atom is 0.332 e. The van der Waals surface area contributed by atoms with Crippen LogP contribution in [0.15, 0.2) is 18.5 Å². The fourth-order valence-corrected chi connectivity index (χ4v) is 4.69. The van der Waals surface area contributed by atoms with Gasteiger partial charge in [-0.05, 0) is 44.7 Å². The molecule has 4 N–H and O–H groups in total. The van der Waals surface area contributed by atoms with Crippen molar-refractivity contribution in [3.8, 4) is 6.07 Å². The van der Waals surface area contributed by atoms with Gasteiger partial charge in [0, 0.05) is 0 Å². The lowest BCUT2D eigenvalue weighted by Crippen LogP contribution is -2.41. The molecule has 1 saturated heterocycles. The Bertz CT molecular complexity index is 1040. The summed E-state index contributed by atoms with van der Waals surface area (Å²) in [5.74, 6) is -0.304. The number of carbonyl (C=O) groups is 1. The van der Waals surface area contributed by atoms with Gasteiger partial charge in [0.15, 0.2) is 5.82 Å². The highest BCUT2D eigenvalue weighted by atomic mass is 16.6. The zero-order valence-corrected chi connectivity index (χ0v) is 18.5. The second-order valence-corrected chi connectivity index (χ2v) is 8.95. The van der Waals surface area contributed by atoms with E-state index in [2.05, 4.69) is 10.1 Å². The number of rotatable bonds is 6. The summed E-state index contributed by atoms with van der Waals surface area (Å²) in [5, 5.41) is 35.3. The third-order valence-electron chi connectivity index (χ3n) is 6.51. The van der Waals surface area contributed by atoms with Gasteiger partial charge < -0.3 is 30.2 Å². The molecule has 0 bridgehead atoms. The van der Waals surface area contributed by atoms with Crippen LogP contribution < -0.4 is 5.73 Å². The molecule has 0 unspecified atom stereocenters. The third kappa shape index (κ3) is 4.39. The van der Waals surface area contributed by atoms with Gasteiger partial charge in [-0.1, -0.05) is 12.8 Å². The summed E-state index contributed by atoms with van der Waals surface area (Å²) in [6.45, 7) is 1.40. The number of nitrogens with two attached hydrogens (primary N) is 1. The molecular formula is C22H29N5O6. The zero-order chi connectivity index (χ0) is 23.6.